The SMILES string of the molecule is C[C@H](CO)NC(=O)Cn1cc(Br)ccc1=O. The molecule has 0 bridgehead atoms. The number of aliphatic hydroxyl groups excluding tert-OH is 1. The molecule has 0 aliphatic rings. The predicted octanol–water partition coefficient (Wildman–Crippen LogP) is 0.108. The molecule has 16 heavy (non-hydrogen) atoms. The number of hydrogen-bond acceptors (Lipinski definition) is 3. The molecular formula is C10H13BrN2O3. The first kappa shape index (κ1) is 12.9. The van der Waals surface area contributed by atoms with Gasteiger partial charge in [-0.1, -0.05) is 0 Å². The summed E-state index contributed by atoms with van der Waals surface area (Å²) in [5, 5.41) is 11.3. The molecule has 0 saturated heterocycles. The maximum atomic E-state index is 11.4. The first-order chi connectivity index (χ1) is 7.52. The molecule has 0 fully saturated rings. The van der Waals surface area contributed by atoms with Crippen LogP contribution in [0.4, 0.5) is 0 Å². The van der Waals surface area contributed by atoms with E-state index in [9.17, 15) is 9.59 Å². The fourth-order valence-electron chi connectivity index (χ4n) is 1.15. The van der Waals surface area contributed by atoms with E-state index >= 15 is 0 Å². The molecule has 1 heterocycles. The summed E-state index contributed by atoms with van der Waals surface area (Å²) >= 11 is 3.22. The second kappa shape index (κ2) is 5.81. The van der Waals surface area contributed by atoms with E-state index in [-0.39, 0.29) is 30.7 Å². The lowest BCUT2D eigenvalue weighted by Crippen LogP contribution is -2.38. The van der Waals surface area contributed by atoms with E-state index in [2.05, 4.69) is 21.2 Å². The van der Waals surface area contributed by atoms with Gasteiger partial charge in [0, 0.05) is 22.8 Å². The largest absolute Gasteiger partial charge is 0.394 e. The third-order valence-electron chi connectivity index (χ3n) is 1.94. The number of halogens is 1. The summed E-state index contributed by atoms with van der Waals surface area (Å²) in [6, 6.07) is 2.69. The topological polar surface area (TPSA) is 71.3 Å². The zero-order chi connectivity index (χ0) is 12.1. The average Bonchev–Trinajstić information content (AvgIpc) is 2.23. The normalized spacial score (nSPS) is 12.2. The number of carbonyl (C=O) groups excluding carboxylic acids is 1. The molecule has 0 saturated carbocycles. The Bertz CT molecular complexity index is 430. The van der Waals surface area contributed by atoms with Gasteiger partial charge in [-0.15, -0.1) is 0 Å². The third kappa shape index (κ3) is 3.79. The van der Waals surface area contributed by atoms with Crippen molar-refractivity contribution in [1.29, 1.82) is 0 Å². The third-order valence-corrected chi connectivity index (χ3v) is 2.41. The summed E-state index contributed by atoms with van der Waals surface area (Å²) in [6.07, 6.45) is 1.55. The molecule has 5 nitrogen and oxygen atoms in total. The first-order valence-electron chi connectivity index (χ1n) is 4.79. The van der Waals surface area contributed by atoms with Gasteiger partial charge in [0.2, 0.25) is 5.91 Å². The van der Waals surface area contributed by atoms with Gasteiger partial charge in [-0.2, -0.15) is 0 Å². The number of aliphatic hydroxyl groups is 1. The van der Waals surface area contributed by atoms with Crippen LogP contribution in [0.15, 0.2) is 27.6 Å². The van der Waals surface area contributed by atoms with Gasteiger partial charge in [0.05, 0.1) is 6.61 Å². The van der Waals surface area contributed by atoms with Crippen LogP contribution in [0.25, 0.3) is 0 Å². The zero-order valence-electron chi connectivity index (χ0n) is 8.81. The second-order valence-corrected chi connectivity index (χ2v) is 4.38. The van der Waals surface area contributed by atoms with Crippen molar-refractivity contribution in [1.82, 2.24) is 9.88 Å². The van der Waals surface area contributed by atoms with Crippen LogP contribution in [-0.2, 0) is 11.3 Å². The van der Waals surface area contributed by atoms with E-state index in [4.69, 9.17) is 5.11 Å². The van der Waals surface area contributed by atoms with Crippen LogP contribution in [0.5, 0.6) is 0 Å². The Labute approximate surface area is 101 Å². The lowest BCUT2D eigenvalue weighted by Gasteiger charge is -2.11. The summed E-state index contributed by atoms with van der Waals surface area (Å²) in [7, 11) is 0. The molecule has 1 aromatic heterocycles. The van der Waals surface area contributed by atoms with Crippen molar-refractivity contribution in [3.05, 3.63) is 33.2 Å². The Kier molecular flexibility index (Phi) is 4.70. The summed E-state index contributed by atoms with van der Waals surface area (Å²) in [6.45, 7) is 1.50. The molecule has 1 aromatic rings. The fraction of sp³-hybridized carbons (Fsp3) is 0.400. The number of hydrogen-bond donors (Lipinski definition) is 2. The Balaban J connectivity index is 2.69. The van der Waals surface area contributed by atoms with Gasteiger partial charge in [-0.05, 0) is 28.9 Å². The van der Waals surface area contributed by atoms with Crippen molar-refractivity contribution in [2.75, 3.05) is 6.61 Å². The Hall–Kier alpha value is -1.14. The van der Waals surface area contributed by atoms with Gasteiger partial charge in [-0.25, -0.2) is 0 Å². The van der Waals surface area contributed by atoms with Gasteiger partial charge < -0.3 is 15.0 Å². The molecule has 1 amide bonds. The smallest absolute Gasteiger partial charge is 0.251 e. The van der Waals surface area contributed by atoms with Gasteiger partial charge in [-0.3, -0.25) is 9.59 Å². The number of amides is 1. The lowest BCUT2D eigenvalue weighted by molar-refractivity contribution is -0.122. The summed E-state index contributed by atoms with van der Waals surface area (Å²) < 4.78 is 2.03. The highest BCUT2D eigenvalue weighted by Crippen LogP contribution is 2.04. The van der Waals surface area contributed by atoms with Crippen LogP contribution < -0.4 is 10.9 Å². The Morgan fingerprint density at radius 3 is 2.94 bits per heavy atom. The lowest BCUT2D eigenvalue weighted by atomic mass is 10.3. The molecule has 0 aliphatic heterocycles. The quantitative estimate of drug-likeness (QED) is 0.826. The first-order valence-corrected chi connectivity index (χ1v) is 5.58. The molecule has 1 atom stereocenters. The Morgan fingerprint density at radius 2 is 2.31 bits per heavy atom. The molecule has 0 unspecified atom stereocenters. The molecule has 1 rings (SSSR count). The number of rotatable bonds is 4. The van der Waals surface area contributed by atoms with E-state index in [1.165, 1.54) is 10.6 Å². The summed E-state index contributed by atoms with van der Waals surface area (Å²) in [5.74, 6) is -0.304. The van der Waals surface area contributed by atoms with Crippen molar-refractivity contribution >= 4 is 21.8 Å². The summed E-state index contributed by atoms with van der Waals surface area (Å²) in [4.78, 5) is 22.8. The maximum Gasteiger partial charge on any atom is 0.251 e. The van der Waals surface area contributed by atoms with Crippen molar-refractivity contribution in [2.45, 2.75) is 19.5 Å². The molecular weight excluding hydrogens is 276 g/mol. The van der Waals surface area contributed by atoms with Gasteiger partial charge in [0.1, 0.15) is 6.54 Å². The average molecular weight is 289 g/mol. The zero-order valence-corrected chi connectivity index (χ0v) is 10.4. The molecule has 0 radical (unpaired) electrons. The maximum absolute atomic E-state index is 11.4. The molecule has 6 heteroatoms. The van der Waals surface area contributed by atoms with Crippen LogP contribution in [0.1, 0.15) is 6.92 Å². The highest BCUT2D eigenvalue weighted by atomic mass is 79.9. The van der Waals surface area contributed by atoms with E-state index < -0.39 is 0 Å². The van der Waals surface area contributed by atoms with Crippen LogP contribution in [0.2, 0.25) is 0 Å². The second-order valence-electron chi connectivity index (χ2n) is 3.46. The highest BCUT2D eigenvalue weighted by molar-refractivity contribution is 9.10. The minimum absolute atomic E-state index is 0.0530. The number of pyridine rings is 1. The summed E-state index contributed by atoms with van der Waals surface area (Å²) in [5.41, 5.74) is -0.241. The minimum Gasteiger partial charge on any atom is -0.394 e. The van der Waals surface area contributed by atoms with Crippen molar-refractivity contribution in [3.63, 3.8) is 0 Å². The van der Waals surface area contributed by atoms with Crippen molar-refractivity contribution in [2.24, 2.45) is 0 Å². The molecule has 0 aromatic carbocycles. The van der Waals surface area contributed by atoms with Gasteiger partial charge in [0.15, 0.2) is 0 Å². The van der Waals surface area contributed by atoms with Crippen LogP contribution in [0, 0.1) is 0 Å². The molecule has 0 spiro atoms. The monoisotopic (exact) mass is 288 g/mol. The van der Waals surface area contributed by atoms with Crippen molar-refractivity contribution in [3.8, 4) is 0 Å². The number of aromatic nitrogens is 1. The number of carbonyl (C=O) groups is 1. The number of nitrogens with zero attached hydrogens (tertiary/aromatic N) is 1. The van der Waals surface area contributed by atoms with Crippen LogP contribution in [0.3, 0.4) is 0 Å². The van der Waals surface area contributed by atoms with Crippen LogP contribution in [-0.4, -0.2) is 28.2 Å². The molecule has 2 N–H and O–H groups in total. The van der Waals surface area contributed by atoms with E-state index in [0.29, 0.717) is 0 Å². The Morgan fingerprint density at radius 1 is 1.62 bits per heavy atom. The van der Waals surface area contributed by atoms with Crippen LogP contribution >= 0.6 is 15.9 Å². The van der Waals surface area contributed by atoms with E-state index in [1.54, 1.807) is 19.2 Å². The molecule has 88 valence electrons. The fourth-order valence-corrected chi connectivity index (χ4v) is 1.53. The van der Waals surface area contributed by atoms with E-state index in [0.717, 1.165) is 4.47 Å². The number of nitrogens with one attached hydrogen (secondary N) is 1. The predicted molar refractivity (Wildman–Crippen MR) is 63.1 cm³/mol. The standard InChI is InChI=1S/C10H13BrN2O3/c1-7(6-14)12-9(15)5-13-4-8(11)2-3-10(13)16/h2-4,7,14H,5-6H2,1H3,(H,12,15)/t7-/m1/s1. The van der Waals surface area contributed by atoms with Crippen molar-refractivity contribution < 1.29 is 9.90 Å². The highest BCUT2D eigenvalue weighted by Gasteiger charge is 2.07. The minimum atomic E-state index is -0.310. The van der Waals surface area contributed by atoms with E-state index in [1.807, 2.05) is 0 Å². The van der Waals surface area contributed by atoms with Gasteiger partial charge in [0.25, 0.3) is 5.56 Å². The van der Waals surface area contributed by atoms with Gasteiger partial charge >= 0.3 is 0 Å². The molecule has 0 aliphatic carbocycles.